The predicted molar refractivity (Wildman–Crippen MR) is 73.3 cm³/mol. The Hall–Kier alpha value is -1.65. The number of benzene rings is 1. The van der Waals surface area contributed by atoms with Crippen molar-refractivity contribution in [3.05, 3.63) is 57.6 Å². The molecular formula is C13H9Cl2FN2O. The highest BCUT2D eigenvalue weighted by Gasteiger charge is 2.13. The number of carbonyl (C=O) groups excluding carboxylic acids is 1. The second-order valence-electron chi connectivity index (χ2n) is 3.88. The summed E-state index contributed by atoms with van der Waals surface area (Å²) in [6.07, 6.45) is 1.36. The third-order valence-corrected chi connectivity index (χ3v) is 3.05. The second-order valence-corrected chi connectivity index (χ2v) is 4.70. The summed E-state index contributed by atoms with van der Waals surface area (Å²) in [7, 11) is 0. The fraction of sp³-hybridized carbons (Fsp3) is 0.0769. The van der Waals surface area contributed by atoms with Crippen LogP contribution in [0.2, 0.25) is 10.0 Å². The largest absolute Gasteiger partial charge is 0.320 e. The molecule has 0 spiro atoms. The van der Waals surface area contributed by atoms with Crippen molar-refractivity contribution < 1.29 is 9.18 Å². The van der Waals surface area contributed by atoms with Gasteiger partial charge in [-0.2, -0.15) is 0 Å². The molecule has 0 atom stereocenters. The van der Waals surface area contributed by atoms with Crippen molar-refractivity contribution in [1.82, 2.24) is 4.98 Å². The number of hydrogen-bond acceptors (Lipinski definition) is 2. The van der Waals surface area contributed by atoms with E-state index in [1.165, 1.54) is 18.3 Å². The highest BCUT2D eigenvalue weighted by molar-refractivity contribution is 6.35. The van der Waals surface area contributed by atoms with E-state index in [0.29, 0.717) is 5.69 Å². The maximum absolute atomic E-state index is 13.1. The number of anilines is 1. The smallest absolute Gasteiger partial charge is 0.258 e. The lowest BCUT2D eigenvalue weighted by molar-refractivity contribution is 0.102. The topological polar surface area (TPSA) is 42.0 Å². The summed E-state index contributed by atoms with van der Waals surface area (Å²) in [6.45, 7) is 1.76. The lowest BCUT2D eigenvalue weighted by Crippen LogP contribution is -2.13. The van der Waals surface area contributed by atoms with Gasteiger partial charge >= 0.3 is 0 Å². The third kappa shape index (κ3) is 3.22. The number of halogens is 3. The fourth-order valence-electron chi connectivity index (χ4n) is 1.48. The van der Waals surface area contributed by atoms with E-state index in [-0.39, 0.29) is 21.3 Å². The number of carbonyl (C=O) groups is 1. The molecule has 0 fully saturated rings. The first-order valence-corrected chi connectivity index (χ1v) is 6.11. The van der Waals surface area contributed by atoms with Crippen molar-refractivity contribution in [3.8, 4) is 0 Å². The van der Waals surface area contributed by atoms with Crippen LogP contribution in [0, 0.1) is 12.7 Å². The molecule has 1 amide bonds. The average molecular weight is 299 g/mol. The zero-order valence-electron chi connectivity index (χ0n) is 9.88. The number of nitrogens with one attached hydrogen (secondary N) is 1. The van der Waals surface area contributed by atoms with Crippen molar-refractivity contribution in [2.24, 2.45) is 0 Å². The Labute approximate surface area is 119 Å². The summed E-state index contributed by atoms with van der Waals surface area (Å²) in [5, 5.41) is 3.01. The van der Waals surface area contributed by atoms with E-state index >= 15 is 0 Å². The van der Waals surface area contributed by atoms with Crippen LogP contribution in [0.4, 0.5) is 10.1 Å². The number of amides is 1. The SMILES string of the molecule is Cc1cc(Cl)c(C(=O)Nc2cc(F)ccc2Cl)cn1. The van der Waals surface area contributed by atoms with E-state index in [4.69, 9.17) is 23.2 Å². The quantitative estimate of drug-likeness (QED) is 0.907. The summed E-state index contributed by atoms with van der Waals surface area (Å²) in [5.41, 5.74) is 1.08. The molecule has 2 rings (SSSR count). The van der Waals surface area contributed by atoms with Crippen LogP contribution in [0.25, 0.3) is 0 Å². The third-order valence-electron chi connectivity index (χ3n) is 2.41. The first-order chi connectivity index (χ1) is 8.97. The molecular weight excluding hydrogens is 290 g/mol. The number of hydrogen-bond donors (Lipinski definition) is 1. The van der Waals surface area contributed by atoms with Gasteiger partial charge in [0, 0.05) is 11.9 Å². The van der Waals surface area contributed by atoms with Crippen LogP contribution in [0.15, 0.2) is 30.5 Å². The Morgan fingerprint density at radius 1 is 1.26 bits per heavy atom. The molecule has 2 aromatic rings. The Morgan fingerprint density at radius 3 is 2.68 bits per heavy atom. The van der Waals surface area contributed by atoms with E-state index in [0.717, 1.165) is 6.07 Å². The van der Waals surface area contributed by atoms with Crippen molar-refractivity contribution in [3.63, 3.8) is 0 Å². The van der Waals surface area contributed by atoms with Gasteiger partial charge in [0.1, 0.15) is 5.82 Å². The zero-order valence-corrected chi connectivity index (χ0v) is 11.4. The average Bonchev–Trinajstić information content (AvgIpc) is 2.33. The maximum atomic E-state index is 13.1. The monoisotopic (exact) mass is 298 g/mol. The fourth-order valence-corrected chi connectivity index (χ4v) is 1.93. The Balaban J connectivity index is 2.28. The van der Waals surface area contributed by atoms with Crippen LogP contribution in [0.1, 0.15) is 16.1 Å². The van der Waals surface area contributed by atoms with Gasteiger partial charge in [0.2, 0.25) is 0 Å². The summed E-state index contributed by atoms with van der Waals surface area (Å²) in [5.74, 6) is -0.988. The molecule has 0 aliphatic rings. The molecule has 6 heteroatoms. The van der Waals surface area contributed by atoms with Gasteiger partial charge in [-0.3, -0.25) is 9.78 Å². The summed E-state index contributed by atoms with van der Waals surface area (Å²) in [4.78, 5) is 16.0. The molecule has 0 aliphatic heterocycles. The Kier molecular flexibility index (Phi) is 4.02. The molecule has 0 saturated carbocycles. The van der Waals surface area contributed by atoms with Crippen LogP contribution in [-0.2, 0) is 0 Å². The highest BCUT2D eigenvalue weighted by atomic mass is 35.5. The number of pyridine rings is 1. The molecule has 0 saturated heterocycles. The second kappa shape index (κ2) is 5.55. The molecule has 0 bridgehead atoms. The van der Waals surface area contributed by atoms with Crippen LogP contribution < -0.4 is 5.32 Å². The molecule has 0 radical (unpaired) electrons. The number of nitrogens with zero attached hydrogens (tertiary/aromatic N) is 1. The molecule has 19 heavy (non-hydrogen) atoms. The minimum atomic E-state index is -0.495. The Morgan fingerprint density at radius 2 is 2.00 bits per heavy atom. The van der Waals surface area contributed by atoms with Crippen LogP contribution >= 0.6 is 23.2 Å². The molecule has 0 aliphatic carbocycles. The molecule has 1 heterocycles. The number of aryl methyl sites for hydroxylation is 1. The minimum Gasteiger partial charge on any atom is -0.320 e. The first-order valence-electron chi connectivity index (χ1n) is 5.36. The van der Waals surface area contributed by atoms with Crippen molar-refractivity contribution >= 4 is 34.8 Å². The molecule has 1 aromatic carbocycles. The van der Waals surface area contributed by atoms with E-state index < -0.39 is 11.7 Å². The summed E-state index contributed by atoms with van der Waals surface area (Å²) >= 11 is 11.8. The van der Waals surface area contributed by atoms with Crippen LogP contribution in [0.3, 0.4) is 0 Å². The van der Waals surface area contributed by atoms with Crippen LogP contribution in [-0.4, -0.2) is 10.9 Å². The lowest BCUT2D eigenvalue weighted by atomic mass is 10.2. The van der Waals surface area contributed by atoms with Crippen molar-refractivity contribution in [2.45, 2.75) is 6.92 Å². The van der Waals surface area contributed by atoms with E-state index in [9.17, 15) is 9.18 Å². The van der Waals surface area contributed by atoms with E-state index in [2.05, 4.69) is 10.3 Å². The van der Waals surface area contributed by atoms with Gasteiger partial charge in [-0.1, -0.05) is 23.2 Å². The van der Waals surface area contributed by atoms with Gasteiger partial charge in [-0.25, -0.2) is 4.39 Å². The van der Waals surface area contributed by atoms with Gasteiger partial charge in [0.05, 0.1) is 21.3 Å². The molecule has 98 valence electrons. The normalized spacial score (nSPS) is 10.3. The lowest BCUT2D eigenvalue weighted by Gasteiger charge is -2.08. The molecule has 1 aromatic heterocycles. The number of rotatable bonds is 2. The van der Waals surface area contributed by atoms with Crippen molar-refractivity contribution in [1.29, 1.82) is 0 Å². The minimum absolute atomic E-state index is 0.184. The van der Waals surface area contributed by atoms with Gasteiger partial charge in [0.25, 0.3) is 5.91 Å². The highest BCUT2D eigenvalue weighted by Crippen LogP contribution is 2.24. The van der Waals surface area contributed by atoms with Crippen LogP contribution in [0.5, 0.6) is 0 Å². The standard InChI is InChI=1S/C13H9Cl2FN2O/c1-7-4-11(15)9(6-17-7)13(19)18-12-5-8(16)2-3-10(12)14/h2-6H,1H3,(H,18,19). The predicted octanol–water partition coefficient (Wildman–Crippen LogP) is 4.09. The van der Waals surface area contributed by atoms with Gasteiger partial charge in [-0.15, -0.1) is 0 Å². The summed E-state index contributed by atoms with van der Waals surface area (Å²) < 4.78 is 13.1. The molecule has 3 nitrogen and oxygen atoms in total. The zero-order chi connectivity index (χ0) is 14.0. The maximum Gasteiger partial charge on any atom is 0.258 e. The Bertz CT molecular complexity index is 647. The molecule has 1 N–H and O–H groups in total. The van der Waals surface area contributed by atoms with Gasteiger partial charge in [-0.05, 0) is 31.2 Å². The van der Waals surface area contributed by atoms with Gasteiger partial charge in [0.15, 0.2) is 0 Å². The van der Waals surface area contributed by atoms with Gasteiger partial charge < -0.3 is 5.32 Å². The summed E-state index contributed by atoms with van der Waals surface area (Å²) in [6, 6.07) is 5.28. The van der Waals surface area contributed by atoms with Crippen molar-refractivity contribution in [2.75, 3.05) is 5.32 Å². The number of aromatic nitrogens is 1. The first kappa shape index (κ1) is 13.8. The van der Waals surface area contributed by atoms with E-state index in [1.807, 2.05) is 0 Å². The molecule has 0 unspecified atom stereocenters. The van der Waals surface area contributed by atoms with E-state index in [1.54, 1.807) is 13.0 Å².